The third-order valence-electron chi connectivity index (χ3n) is 4.12. The van der Waals surface area contributed by atoms with E-state index in [0.717, 1.165) is 22.5 Å². The van der Waals surface area contributed by atoms with Gasteiger partial charge in [0.25, 0.3) is 0 Å². The van der Waals surface area contributed by atoms with E-state index < -0.39 is 0 Å². The Morgan fingerprint density at radius 3 is 2.25 bits per heavy atom. The minimum atomic E-state index is 0.120. The number of benzene rings is 2. The summed E-state index contributed by atoms with van der Waals surface area (Å²) in [6, 6.07) is 15.7. The van der Waals surface area contributed by atoms with E-state index in [1.165, 1.54) is 12.7 Å². The lowest BCUT2D eigenvalue weighted by molar-refractivity contribution is 0.373. The number of phenolic OH excluding ortho intramolecular Hbond substituents is 1. The van der Waals surface area contributed by atoms with E-state index >= 15 is 0 Å². The third-order valence-corrected chi connectivity index (χ3v) is 4.12. The molecule has 0 aliphatic heterocycles. The van der Waals surface area contributed by atoms with Crippen LogP contribution in [0.1, 0.15) is 26.3 Å². The number of nitrogens with one attached hydrogen (secondary N) is 1. The van der Waals surface area contributed by atoms with Crippen LogP contribution in [-0.2, 0) is 5.41 Å². The first-order valence-electron chi connectivity index (χ1n) is 7.92. The maximum absolute atomic E-state index is 9.70. The van der Waals surface area contributed by atoms with Crippen molar-refractivity contribution in [3.05, 3.63) is 54.1 Å². The summed E-state index contributed by atoms with van der Waals surface area (Å²) in [5.41, 5.74) is 5.18. The summed E-state index contributed by atoms with van der Waals surface area (Å²) in [5, 5.41) is 17.2. The number of aromatic nitrogens is 2. The molecule has 0 fully saturated rings. The van der Waals surface area contributed by atoms with Crippen molar-refractivity contribution in [1.82, 2.24) is 10.2 Å². The maximum atomic E-state index is 9.70. The van der Waals surface area contributed by atoms with Crippen molar-refractivity contribution in [1.29, 1.82) is 0 Å². The summed E-state index contributed by atoms with van der Waals surface area (Å²) in [6.45, 7) is 6.61. The Morgan fingerprint density at radius 1 is 0.958 bits per heavy atom. The van der Waals surface area contributed by atoms with Gasteiger partial charge < -0.3 is 9.84 Å². The second-order valence-electron chi connectivity index (χ2n) is 6.88. The molecule has 0 aliphatic carbocycles. The number of hydrogen-bond donors (Lipinski definition) is 2. The molecule has 0 saturated carbocycles. The average molecular weight is 322 g/mol. The number of aromatic amines is 1. The van der Waals surface area contributed by atoms with Crippen molar-refractivity contribution in [2.45, 2.75) is 26.2 Å². The van der Waals surface area contributed by atoms with Crippen LogP contribution >= 0.6 is 0 Å². The van der Waals surface area contributed by atoms with Crippen molar-refractivity contribution in [3.8, 4) is 34.0 Å². The van der Waals surface area contributed by atoms with E-state index in [9.17, 15) is 5.11 Å². The lowest BCUT2D eigenvalue weighted by atomic mass is 9.86. The van der Waals surface area contributed by atoms with Gasteiger partial charge in [0.1, 0.15) is 0 Å². The molecule has 24 heavy (non-hydrogen) atoms. The van der Waals surface area contributed by atoms with Gasteiger partial charge in [0.2, 0.25) is 0 Å². The van der Waals surface area contributed by atoms with E-state index in [1.807, 2.05) is 12.1 Å². The second kappa shape index (κ2) is 6.04. The van der Waals surface area contributed by atoms with Gasteiger partial charge in [-0.15, -0.1) is 0 Å². The van der Waals surface area contributed by atoms with Gasteiger partial charge in [0.15, 0.2) is 11.5 Å². The maximum Gasteiger partial charge on any atom is 0.161 e. The van der Waals surface area contributed by atoms with Crippen LogP contribution in [0.4, 0.5) is 0 Å². The molecule has 0 amide bonds. The summed E-state index contributed by atoms with van der Waals surface area (Å²) < 4.78 is 5.16. The number of hydrogen-bond acceptors (Lipinski definition) is 3. The van der Waals surface area contributed by atoms with Crippen LogP contribution in [0.3, 0.4) is 0 Å². The summed E-state index contributed by atoms with van der Waals surface area (Å²) in [4.78, 5) is 0. The molecule has 4 heteroatoms. The Morgan fingerprint density at radius 2 is 1.62 bits per heavy atom. The highest BCUT2D eigenvalue weighted by molar-refractivity contribution is 5.70. The molecule has 0 spiro atoms. The van der Waals surface area contributed by atoms with Gasteiger partial charge in [-0.05, 0) is 40.8 Å². The Kier molecular flexibility index (Phi) is 4.06. The Hall–Kier alpha value is -2.75. The Balaban J connectivity index is 1.91. The Bertz CT molecular complexity index is 843. The van der Waals surface area contributed by atoms with Gasteiger partial charge in [-0.1, -0.05) is 45.0 Å². The molecule has 1 heterocycles. The number of phenols is 1. The van der Waals surface area contributed by atoms with Crippen LogP contribution in [0.5, 0.6) is 11.5 Å². The fourth-order valence-electron chi connectivity index (χ4n) is 2.60. The van der Waals surface area contributed by atoms with Gasteiger partial charge in [-0.25, -0.2) is 0 Å². The molecule has 0 bridgehead atoms. The molecule has 3 aromatic rings. The minimum absolute atomic E-state index is 0.120. The van der Waals surface area contributed by atoms with Crippen LogP contribution in [0.15, 0.2) is 48.5 Å². The number of nitrogens with zero attached hydrogens (tertiary/aromatic N) is 1. The topological polar surface area (TPSA) is 58.1 Å². The second-order valence-corrected chi connectivity index (χ2v) is 6.88. The number of ether oxygens (including phenoxy) is 1. The molecule has 0 radical (unpaired) electrons. The average Bonchev–Trinajstić information content (AvgIpc) is 3.04. The highest BCUT2D eigenvalue weighted by Crippen LogP contribution is 2.32. The van der Waals surface area contributed by atoms with Gasteiger partial charge in [0.05, 0.1) is 18.5 Å². The molecule has 1 aromatic heterocycles. The minimum Gasteiger partial charge on any atom is -0.504 e. The highest BCUT2D eigenvalue weighted by atomic mass is 16.5. The standard InChI is InChI=1S/C20H22N2O2/c1-20(2,3)15-8-5-13(6-9-15)16-12-17(22-21-16)14-7-10-18(23)19(11-14)24-4/h5-12,23H,1-4H3,(H,21,22). The van der Waals surface area contributed by atoms with Crippen molar-refractivity contribution >= 4 is 0 Å². The van der Waals surface area contributed by atoms with Crippen LogP contribution in [0.25, 0.3) is 22.5 Å². The number of aromatic hydroxyl groups is 1. The predicted octanol–water partition coefficient (Wildman–Crippen LogP) is 4.76. The van der Waals surface area contributed by atoms with E-state index in [0.29, 0.717) is 5.75 Å². The van der Waals surface area contributed by atoms with E-state index in [-0.39, 0.29) is 11.2 Å². The highest BCUT2D eigenvalue weighted by Gasteiger charge is 2.14. The fraction of sp³-hybridized carbons (Fsp3) is 0.250. The lowest BCUT2D eigenvalue weighted by Gasteiger charge is -2.18. The van der Waals surface area contributed by atoms with Gasteiger partial charge >= 0.3 is 0 Å². The monoisotopic (exact) mass is 322 g/mol. The molecular weight excluding hydrogens is 300 g/mol. The summed E-state index contributed by atoms with van der Waals surface area (Å²) >= 11 is 0. The van der Waals surface area contributed by atoms with Crippen molar-refractivity contribution in [3.63, 3.8) is 0 Å². The molecule has 0 unspecified atom stereocenters. The third kappa shape index (κ3) is 3.13. The Labute approximate surface area is 142 Å². The molecule has 4 nitrogen and oxygen atoms in total. The lowest BCUT2D eigenvalue weighted by Crippen LogP contribution is -2.10. The van der Waals surface area contributed by atoms with Crippen molar-refractivity contribution < 1.29 is 9.84 Å². The largest absolute Gasteiger partial charge is 0.504 e. The zero-order chi connectivity index (χ0) is 17.3. The molecule has 0 saturated heterocycles. The smallest absolute Gasteiger partial charge is 0.161 e. The van der Waals surface area contributed by atoms with E-state index in [2.05, 4.69) is 55.2 Å². The van der Waals surface area contributed by atoms with Crippen LogP contribution in [0.2, 0.25) is 0 Å². The molecule has 0 atom stereocenters. The zero-order valence-electron chi connectivity index (χ0n) is 14.4. The van der Waals surface area contributed by atoms with Crippen molar-refractivity contribution in [2.75, 3.05) is 7.11 Å². The summed E-state index contributed by atoms with van der Waals surface area (Å²) in [6.07, 6.45) is 0. The first-order valence-corrected chi connectivity index (χ1v) is 7.92. The molecule has 2 aromatic carbocycles. The summed E-state index contributed by atoms with van der Waals surface area (Å²) in [7, 11) is 1.53. The van der Waals surface area contributed by atoms with Gasteiger partial charge in [0, 0.05) is 5.56 Å². The SMILES string of the molecule is COc1cc(-c2cc(-c3ccc(C(C)(C)C)cc3)[nH]n2)ccc1O. The quantitative estimate of drug-likeness (QED) is 0.731. The summed E-state index contributed by atoms with van der Waals surface area (Å²) in [5.74, 6) is 0.557. The predicted molar refractivity (Wildman–Crippen MR) is 96.4 cm³/mol. The zero-order valence-corrected chi connectivity index (χ0v) is 14.4. The molecule has 124 valence electrons. The number of rotatable bonds is 3. The first kappa shape index (κ1) is 16.1. The normalized spacial score (nSPS) is 11.5. The molecular formula is C20H22N2O2. The number of H-pyrrole nitrogens is 1. The first-order chi connectivity index (χ1) is 11.4. The van der Waals surface area contributed by atoms with Crippen LogP contribution in [-0.4, -0.2) is 22.4 Å². The van der Waals surface area contributed by atoms with Gasteiger partial charge in [-0.3, -0.25) is 5.10 Å². The molecule has 2 N–H and O–H groups in total. The van der Waals surface area contributed by atoms with Crippen molar-refractivity contribution in [2.24, 2.45) is 0 Å². The van der Waals surface area contributed by atoms with Crippen LogP contribution < -0.4 is 4.74 Å². The van der Waals surface area contributed by atoms with Crippen LogP contribution in [0, 0.1) is 0 Å². The molecule has 3 rings (SSSR count). The van der Waals surface area contributed by atoms with Gasteiger partial charge in [-0.2, -0.15) is 5.10 Å². The van der Waals surface area contributed by atoms with E-state index in [1.54, 1.807) is 12.1 Å². The molecule has 0 aliphatic rings. The number of methoxy groups -OCH3 is 1. The van der Waals surface area contributed by atoms with E-state index in [4.69, 9.17) is 4.74 Å². The fourth-order valence-corrected chi connectivity index (χ4v) is 2.60.